The zero-order valence-corrected chi connectivity index (χ0v) is 18.6. The second-order valence-electron chi connectivity index (χ2n) is 9.68. The van der Waals surface area contributed by atoms with E-state index in [9.17, 15) is 14.4 Å². The molecule has 2 unspecified atom stereocenters. The maximum atomic E-state index is 12.9. The van der Waals surface area contributed by atoms with E-state index in [-0.39, 0.29) is 24.1 Å². The van der Waals surface area contributed by atoms with Crippen molar-refractivity contribution in [1.82, 2.24) is 25.3 Å². The molecule has 5 rings (SSSR count). The molecule has 3 fully saturated rings. The summed E-state index contributed by atoms with van der Waals surface area (Å²) in [6.45, 7) is 9.23. The van der Waals surface area contributed by atoms with Crippen molar-refractivity contribution in [3.8, 4) is 0 Å². The fraction of sp³-hybridized carbons (Fsp3) is 0.625. The van der Waals surface area contributed by atoms with Crippen LogP contribution >= 0.6 is 0 Å². The van der Waals surface area contributed by atoms with Crippen molar-refractivity contribution in [3.63, 3.8) is 0 Å². The first kappa shape index (κ1) is 21.6. The molecule has 1 aromatic rings. The average Bonchev–Trinajstić information content (AvgIpc) is 3.11. The molecule has 1 aromatic carbocycles. The van der Waals surface area contributed by atoms with E-state index in [1.54, 1.807) is 4.90 Å². The van der Waals surface area contributed by atoms with Crippen molar-refractivity contribution in [2.24, 2.45) is 5.92 Å². The van der Waals surface area contributed by atoms with Crippen LogP contribution in [0.3, 0.4) is 0 Å². The number of amides is 3. The molecule has 0 spiro atoms. The largest absolute Gasteiger partial charge is 0.322 e. The lowest BCUT2D eigenvalue weighted by atomic mass is 9.99. The van der Waals surface area contributed by atoms with Gasteiger partial charge in [-0.25, -0.2) is 0 Å². The first-order chi connectivity index (χ1) is 15.6. The van der Waals surface area contributed by atoms with Crippen LogP contribution in [-0.2, 0) is 22.7 Å². The summed E-state index contributed by atoms with van der Waals surface area (Å²) in [5, 5.41) is 5.88. The molecular formula is C24H33N5O3. The summed E-state index contributed by atoms with van der Waals surface area (Å²) >= 11 is 0. The minimum absolute atomic E-state index is 0.105. The van der Waals surface area contributed by atoms with Gasteiger partial charge in [0, 0.05) is 57.8 Å². The number of nitrogens with zero attached hydrogens (tertiary/aromatic N) is 3. The minimum Gasteiger partial charge on any atom is -0.322 e. The van der Waals surface area contributed by atoms with Gasteiger partial charge in [-0.3, -0.25) is 24.6 Å². The van der Waals surface area contributed by atoms with E-state index >= 15 is 0 Å². The molecule has 2 atom stereocenters. The van der Waals surface area contributed by atoms with Gasteiger partial charge in [-0.1, -0.05) is 12.1 Å². The third-order valence-corrected chi connectivity index (χ3v) is 7.37. The molecular weight excluding hydrogens is 406 g/mol. The van der Waals surface area contributed by atoms with E-state index in [2.05, 4.69) is 26.5 Å². The highest BCUT2D eigenvalue weighted by Gasteiger charge is 2.39. The van der Waals surface area contributed by atoms with Crippen molar-refractivity contribution in [2.75, 3.05) is 45.8 Å². The Bertz CT molecular complexity index is 890. The second-order valence-corrected chi connectivity index (χ2v) is 9.68. The van der Waals surface area contributed by atoms with Crippen LogP contribution in [0.2, 0.25) is 0 Å². The molecule has 8 nitrogen and oxygen atoms in total. The third kappa shape index (κ3) is 4.58. The van der Waals surface area contributed by atoms with Gasteiger partial charge in [0.15, 0.2) is 0 Å². The van der Waals surface area contributed by atoms with Crippen molar-refractivity contribution in [2.45, 2.75) is 44.8 Å². The fourth-order valence-corrected chi connectivity index (χ4v) is 5.56. The number of nitrogens with one attached hydrogen (secondary N) is 2. The molecule has 2 N–H and O–H groups in total. The monoisotopic (exact) mass is 439 g/mol. The standard InChI is InChI=1S/C24H33N5O3/c30-22-6-5-21(23(31)26-22)29-16-19-12-17(3-4-20(19)24(29)32)14-27-8-10-28(11-9-27)15-18-2-1-7-25-13-18/h3-4,12,18,21,25H,1-2,5-11,13-16H2,(H,26,30,31). The second kappa shape index (κ2) is 9.29. The quantitative estimate of drug-likeness (QED) is 0.653. The molecule has 0 saturated carbocycles. The van der Waals surface area contributed by atoms with Gasteiger partial charge >= 0.3 is 0 Å². The van der Waals surface area contributed by atoms with Crippen LogP contribution in [0.15, 0.2) is 18.2 Å². The molecule has 0 bridgehead atoms. The van der Waals surface area contributed by atoms with Crippen molar-refractivity contribution < 1.29 is 14.4 Å². The van der Waals surface area contributed by atoms with Crippen molar-refractivity contribution in [3.05, 3.63) is 34.9 Å². The van der Waals surface area contributed by atoms with E-state index in [0.29, 0.717) is 18.5 Å². The highest BCUT2D eigenvalue weighted by atomic mass is 16.2. The smallest absolute Gasteiger partial charge is 0.255 e. The molecule has 0 aromatic heterocycles. The highest BCUT2D eigenvalue weighted by Crippen LogP contribution is 2.28. The van der Waals surface area contributed by atoms with E-state index < -0.39 is 6.04 Å². The first-order valence-electron chi connectivity index (χ1n) is 12.0. The van der Waals surface area contributed by atoms with E-state index in [4.69, 9.17) is 0 Å². The Morgan fingerprint density at radius 3 is 2.56 bits per heavy atom. The normalized spacial score (nSPS) is 27.5. The number of hydrogen-bond acceptors (Lipinski definition) is 6. The van der Waals surface area contributed by atoms with Gasteiger partial charge in [-0.2, -0.15) is 0 Å². The van der Waals surface area contributed by atoms with Crippen LogP contribution in [0.25, 0.3) is 0 Å². The predicted molar refractivity (Wildman–Crippen MR) is 120 cm³/mol. The topological polar surface area (TPSA) is 85.0 Å². The predicted octanol–water partition coefficient (Wildman–Crippen LogP) is 0.565. The van der Waals surface area contributed by atoms with Crippen LogP contribution in [0, 0.1) is 5.92 Å². The number of rotatable bonds is 5. The highest BCUT2D eigenvalue weighted by molar-refractivity contribution is 6.05. The van der Waals surface area contributed by atoms with Gasteiger partial charge in [0.1, 0.15) is 6.04 Å². The first-order valence-corrected chi connectivity index (χ1v) is 12.0. The Kier molecular flexibility index (Phi) is 6.26. The lowest BCUT2D eigenvalue weighted by Gasteiger charge is -2.37. The molecule has 4 heterocycles. The third-order valence-electron chi connectivity index (χ3n) is 7.37. The van der Waals surface area contributed by atoms with Crippen LogP contribution in [0.4, 0.5) is 0 Å². The van der Waals surface area contributed by atoms with Gasteiger partial charge in [0.05, 0.1) is 0 Å². The van der Waals surface area contributed by atoms with Gasteiger partial charge in [0.2, 0.25) is 11.8 Å². The lowest BCUT2D eigenvalue weighted by molar-refractivity contribution is -0.136. The Hall–Kier alpha value is -2.29. The zero-order chi connectivity index (χ0) is 22.1. The Morgan fingerprint density at radius 1 is 1.00 bits per heavy atom. The molecule has 3 amide bonds. The molecule has 0 aliphatic carbocycles. The number of hydrogen-bond donors (Lipinski definition) is 2. The fourth-order valence-electron chi connectivity index (χ4n) is 5.56. The number of carbonyl (C=O) groups excluding carboxylic acids is 3. The zero-order valence-electron chi connectivity index (χ0n) is 18.6. The molecule has 3 saturated heterocycles. The van der Waals surface area contributed by atoms with Gasteiger partial charge in [-0.15, -0.1) is 0 Å². The van der Waals surface area contributed by atoms with Crippen LogP contribution in [-0.4, -0.2) is 84.3 Å². The van der Waals surface area contributed by atoms with E-state index in [1.165, 1.54) is 31.5 Å². The number of imide groups is 1. The summed E-state index contributed by atoms with van der Waals surface area (Å²) in [6, 6.07) is 5.53. The number of benzene rings is 1. The summed E-state index contributed by atoms with van der Waals surface area (Å²) in [4.78, 5) is 43.3. The van der Waals surface area contributed by atoms with E-state index in [1.807, 2.05) is 12.1 Å². The molecule has 172 valence electrons. The number of piperazine rings is 1. The Balaban J connectivity index is 1.15. The van der Waals surface area contributed by atoms with Gasteiger partial charge in [-0.05, 0) is 55.5 Å². The Labute approximate surface area is 189 Å². The molecule has 8 heteroatoms. The summed E-state index contributed by atoms with van der Waals surface area (Å²) in [7, 11) is 0. The summed E-state index contributed by atoms with van der Waals surface area (Å²) in [5.41, 5.74) is 2.89. The Morgan fingerprint density at radius 2 is 1.81 bits per heavy atom. The minimum atomic E-state index is -0.552. The molecule has 4 aliphatic heterocycles. The maximum absolute atomic E-state index is 12.9. The summed E-state index contributed by atoms with van der Waals surface area (Å²) in [5.74, 6) is 0.0708. The van der Waals surface area contributed by atoms with Crippen LogP contribution < -0.4 is 10.6 Å². The van der Waals surface area contributed by atoms with Gasteiger partial charge < -0.3 is 15.1 Å². The number of piperidine rings is 2. The lowest BCUT2D eigenvalue weighted by Crippen LogP contribution is -2.52. The van der Waals surface area contributed by atoms with Crippen molar-refractivity contribution >= 4 is 17.7 Å². The van der Waals surface area contributed by atoms with Crippen molar-refractivity contribution in [1.29, 1.82) is 0 Å². The van der Waals surface area contributed by atoms with Gasteiger partial charge in [0.25, 0.3) is 5.91 Å². The number of fused-ring (bicyclic) bond motifs is 1. The maximum Gasteiger partial charge on any atom is 0.255 e. The molecule has 0 radical (unpaired) electrons. The summed E-state index contributed by atoms with van der Waals surface area (Å²) < 4.78 is 0. The SMILES string of the molecule is O=C1CCC(N2Cc3cc(CN4CCN(CC5CCCNC5)CC4)ccc3C2=O)C(=O)N1. The van der Waals surface area contributed by atoms with Crippen LogP contribution in [0.5, 0.6) is 0 Å². The van der Waals surface area contributed by atoms with Crippen LogP contribution in [0.1, 0.15) is 47.2 Å². The molecule has 32 heavy (non-hydrogen) atoms. The number of carbonyl (C=O) groups is 3. The molecule has 4 aliphatic rings. The van der Waals surface area contributed by atoms with E-state index in [0.717, 1.165) is 50.7 Å². The average molecular weight is 440 g/mol. The summed E-state index contributed by atoms with van der Waals surface area (Å²) in [6.07, 6.45) is 3.33.